The topological polar surface area (TPSA) is 119 Å². The highest BCUT2D eigenvalue weighted by Gasteiger charge is 2.39. The van der Waals surface area contributed by atoms with Gasteiger partial charge in [-0.25, -0.2) is 4.79 Å². The lowest BCUT2D eigenvalue weighted by molar-refractivity contribution is -0.276. The molecule has 268 valence electrons. The number of urea groups is 1. The van der Waals surface area contributed by atoms with Gasteiger partial charge in [0, 0.05) is 36.8 Å². The minimum atomic E-state index is -0.706. The van der Waals surface area contributed by atoms with E-state index < -0.39 is 18.4 Å². The Bertz CT molecular complexity index is 1800. The fraction of sp³-hybridized carbons (Fsp3) is 0.366. The molecule has 6 rings (SSSR count). The molecule has 4 aromatic carbocycles. The van der Waals surface area contributed by atoms with Crippen LogP contribution < -0.4 is 20.1 Å². The van der Waals surface area contributed by atoms with Crippen molar-refractivity contribution in [1.29, 1.82) is 0 Å². The number of methoxy groups -OCH3 is 2. The number of carbonyl (C=O) groups excluding carboxylic acids is 2. The van der Waals surface area contributed by atoms with Crippen molar-refractivity contribution in [3.8, 4) is 11.5 Å². The lowest BCUT2D eigenvalue weighted by atomic mass is 9.89. The third-order valence-electron chi connectivity index (χ3n) is 9.85. The van der Waals surface area contributed by atoms with Gasteiger partial charge in [0.15, 0.2) is 23.6 Å². The van der Waals surface area contributed by atoms with Crippen molar-refractivity contribution in [3.05, 3.63) is 124 Å². The maximum Gasteiger partial charge on any atom is 0.319 e. The molecular weight excluding hydrogens is 646 g/mol. The average Bonchev–Trinajstić information content (AvgIpc) is 3.15. The van der Waals surface area contributed by atoms with Crippen molar-refractivity contribution < 1.29 is 33.6 Å². The molecule has 2 aliphatic rings. The Morgan fingerprint density at radius 2 is 1.61 bits per heavy atom. The van der Waals surface area contributed by atoms with Crippen molar-refractivity contribution in [3.63, 3.8) is 0 Å². The fourth-order valence-electron chi connectivity index (χ4n) is 6.91. The maximum atomic E-state index is 13.1. The third-order valence-corrected chi connectivity index (χ3v) is 9.85. The predicted molar refractivity (Wildman–Crippen MR) is 195 cm³/mol. The summed E-state index contributed by atoms with van der Waals surface area (Å²) in [5.41, 5.74) is 6.57. The first-order chi connectivity index (χ1) is 24.7. The Kier molecular flexibility index (Phi) is 11.7. The second kappa shape index (κ2) is 16.5. The molecule has 1 unspecified atom stereocenters. The number of hydrogen-bond donors (Lipinski definition) is 3. The van der Waals surface area contributed by atoms with E-state index in [0.717, 1.165) is 53.3 Å². The zero-order chi connectivity index (χ0) is 35.9. The number of ketones is 1. The van der Waals surface area contributed by atoms with E-state index in [2.05, 4.69) is 34.6 Å². The highest BCUT2D eigenvalue weighted by Crippen LogP contribution is 2.43. The minimum absolute atomic E-state index is 0.00763. The molecule has 1 fully saturated rings. The fourth-order valence-corrected chi connectivity index (χ4v) is 6.91. The van der Waals surface area contributed by atoms with Crippen LogP contribution in [-0.2, 0) is 40.3 Å². The number of nitrogens with zero attached hydrogens (tertiary/aromatic N) is 1. The van der Waals surface area contributed by atoms with Gasteiger partial charge in [-0.15, -0.1) is 0 Å². The first-order valence-electron chi connectivity index (χ1n) is 17.4. The number of amides is 2. The van der Waals surface area contributed by atoms with E-state index in [1.165, 1.54) is 18.1 Å². The zero-order valence-electron chi connectivity index (χ0n) is 29.6. The SMILES string of the molecule is COc1cc2c(cc1OC)CN(C[C@H]1OC(c3cccc(NC(=O)N[C@H](Cc4ccccc4)C(C)=O)c3)O[C@@H](c3ccc(CO)cc3)[C@H]1C)CC2. The maximum absolute atomic E-state index is 13.1. The van der Waals surface area contributed by atoms with E-state index in [9.17, 15) is 14.7 Å². The van der Waals surface area contributed by atoms with Crippen LogP contribution in [0.1, 0.15) is 59.6 Å². The first-order valence-corrected chi connectivity index (χ1v) is 17.4. The molecule has 0 bridgehead atoms. The lowest BCUT2D eigenvalue weighted by Gasteiger charge is -2.43. The second-order valence-corrected chi connectivity index (χ2v) is 13.4. The number of Topliss-reactive ketones (excluding diaryl/α,β-unsaturated/α-hetero) is 1. The minimum Gasteiger partial charge on any atom is -0.493 e. The molecule has 51 heavy (non-hydrogen) atoms. The van der Waals surface area contributed by atoms with Crippen LogP contribution >= 0.6 is 0 Å². The molecule has 10 nitrogen and oxygen atoms in total. The number of anilines is 1. The molecule has 0 aromatic heterocycles. The van der Waals surface area contributed by atoms with Crippen LogP contribution in [0.5, 0.6) is 11.5 Å². The van der Waals surface area contributed by atoms with E-state index in [1.807, 2.05) is 72.8 Å². The normalized spacial score (nSPS) is 20.9. The van der Waals surface area contributed by atoms with Gasteiger partial charge in [-0.2, -0.15) is 0 Å². The van der Waals surface area contributed by atoms with Gasteiger partial charge in [0.05, 0.1) is 39.1 Å². The molecule has 0 saturated carbocycles. The van der Waals surface area contributed by atoms with E-state index in [0.29, 0.717) is 18.7 Å². The Hall–Kier alpha value is -4.74. The summed E-state index contributed by atoms with van der Waals surface area (Å²) in [5, 5.41) is 15.4. The third kappa shape index (κ3) is 8.77. The van der Waals surface area contributed by atoms with Gasteiger partial charge in [-0.1, -0.05) is 73.7 Å². The van der Waals surface area contributed by atoms with Gasteiger partial charge < -0.3 is 34.7 Å². The van der Waals surface area contributed by atoms with Crippen molar-refractivity contribution >= 4 is 17.5 Å². The molecule has 4 aromatic rings. The molecule has 1 saturated heterocycles. The number of carbonyl (C=O) groups is 2. The molecular formula is C41H47N3O7. The number of nitrogens with one attached hydrogen (secondary N) is 2. The smallest absolute Gasteiger partial charge is 0.319 e. The van der Waals surface area contributed by atoms with Gasteiger partial charge in [0.1, 0.15) is 0 Å². The molecule has 2 amide bonds. The Morgan fingerprint density at radius 1 is 0.882 bits per heavy atom. The molecule has 3 N–H and O–H groups in total. The number of aliphatic hydroxyl groups is 1. The summed E-state index contributed by atoms with van der Waals surface area (Å²) >= 11 is 0. The van der Waals surface area contributed by atoms with Crippen LogP contribution in [-0.4, -0.2) is 61.3 Å². The molecule has 0 spiro atoms. The number of ether oxygens (including phenoxy) is 4. The van der Waals surface area contributed by atoms with E-state index in [-0.39, 0.29) is 30.5 Å². The highest BCUT2D eigenvalue weighted by atomic mass is 16.7. The summed E-state index contributed by atoms with van der Waals surface area (Å²) in [7, 11) is 3.31. The van der Waals surface area contributed by atoms with Crippen molar-refractivity contribution in [2.75, 3.05) is 32.6 Å². The molecule has 5 atom stereocenters. The number of benzene rings is 4. The molecule has 2 heterocycles. The average molecular weight is 694 g/mol. The van der Waals surface area contributed by atoms with Crippen LogP contribution in [0.4, 0.5) is 10.5 Å². The van der Waals surface area contributed by atoms with Crippen LogP contribution in [0.3, 0.4) is 0 Å². The van der Waals surface area contributed by atoms with Crippen molar-refractivity contribution in [1.82, 2.24) is 10.2 Å². The standard InChI is InChI=1S/C41H47N3O7/c1-26-38(24-44-18-17-31-21-36(48-3)37(49-4)22-33(31)23-44)50-40(51-39(26)30-15-13-29(25-45)14-16-30)32-11-8-12-34(20-32)42-41(47)43-35(27(2)46)19-28-9-6-5-7-10-28/h5-16,20-22,26,35,38-40,45H,17-19,23-25H2,1-4H3,(H2,42,43,47)/t26-,35+,38+,39+,40?/m0/s1. The summed E-state index contributed by atoms with van der Waals surface area (Å²) in [6.07, 6.45) is 0.120. The number of rotatable bonds is 12. The monoisotopic (exact) mass is 693 g/mol. The number of fused-ring (bicyclic) bond motifs is 1. The Balaban J connectivity index is 1.20. The number of aliphatic hydroxyl groups excluding tert-OH is 1. The highest BCUT2D eigenvalue weighted by molar-refractivity contribution is 5.93. The van der Waals surface area contributed by atoms with E-state index >= 15 is 0 Å². The summed E-state index contributed by atoms with van der Waals surface area (Å²) in [6, 6.07) is 27.9. The van der Waals surface area contributed by atoms with Gasteiger partial charge >= 0.3 is 6.03 Å². The second-order valence-electron chi connectivity index (χ2n) is 13.4. The van der Waals surface area contributed by atoms with Crippen LogP contribution in [0.15, 0.2) is 91.0 Å². The molecule has 0 aliphatic carbocycles. The van der Waals surface area contributed by atoms with E-state index in [1.54, 1.807) is 20.3 Å². The molecule has 10 heteroatoms. The van der Waals surface area contributed by atoms with Gasteiger partial charge in [-0.05, 0) is 71.8 Å². The van der Waals surface area contributed by atoms with Crippen molar-refractivity contribution in [2.24, 2.45) is 5.92 Å². The quantitative estimate of drug-likeness (QED) is 0.157. The summed E-state index contributed by atoms with van der Waals surface area (Å²) in [6.45, 7) is 5.92. The van der Waals surface area contributed by atoms with Gasteiger partial charge in [0.2, 0.25) is 0 Å². The van der Waals surface area contributed by atoms with Crippen LogP contribution in [0.25, 0.3) is 0 Å². The summed E-state index contributed by atoms with van der Waals surface area (Å²) < 4.78 is 24.6. The largest absolute Gasteiger partial charge is 0.493 e. The zero-order valence-corrected chi connectivity index (χ0v) is 29.6. The first kappa shape index (κ1) is 36.1. The molecule has 0 radical (unpaired) electrons. The summed E-state index contributed by atoms with van der Waals surface area (Å²) in [4.78, 5) is 27.9. The van der Waals surface area contributed by atoms with Gasteiger partial charge in [-0.3, -0.25) is 9.69 Å². The molecule has 2 aliphatic heterocycles. The van der Waals surface area contributed by atoms with Crippen LogP contribution in [0, 0.1) is 5.92 Å². The Labute approximate surface area is 299 Å². The van der Waals surface area contributed by atoms with Gasteiger partial charge in [0.25, 0.3) is 0 Å². The summed E-state index contributed by atoms with van der Waals surface area (Å²) in [5.74, 6) is 1.34. The lowest BCUT2D eigenvalue weighted by Crippen LogP contribution is -2.45. The predicted octanol–water partition coefficient (Wildman–Crippen LogP) is 6.37. The number of hydrogen-bond acceptors (Lipinski definition) is 8. The van der Waals surface area contributed by atoms with E-state index in [4.69, 9.17) is 18.9 Å². The van der Waals surface area contributed by atoms with Crippen molar-refractivity contribution in [2.45, 2.75) is 64.4 Å². The Morgan fingerprint density at radius 3 is 2.29 bits per heavy atom. The van der Waals surface area contributed by atoms with Crippen LogP contribution in [0.2, 0.25) is 0 Å².